The molecule has 0 N–H and O–H groups in total. The first-order valence-corrected chi connectivity index (χ1v) is 12.2. The third-order valence-electron chi connectivity index (χ3n) is 5.41. The largest absolute Gasteiger partial charge is 0.449 e. The van der Waals surface area contributed by atoms with Crippen molar-refractivity contribution >= 4 is 27.6 Å². The van der Waals surface area contributed by atoms with Gasteiger partial charge in [-0.15, -0.1) is 0 Å². The summed E-state index contributed by atoms with van der Waals surface area (Å²) in [5.41, 5.74) is 0.787. The van der Waals surface area contributed by atoms with Gasteiger partial charge in [-0.1, -0.05) is 0 Å². The lowest BCUT2D eigenvalue weighted by Gasteiger charge is -2.33. The number of ether oxygens (including phenoxy) is 1. The molecule has 0 aromatic heterocycles. The molecular weight excluding hydrogens is 418 g/mol. The Bertz CT molecular complexity index is 898. The fraction of sp³-hybridized carbons (Fsp3) is 0.636. The van der Waals surface area contributed by atoms with Gasteiger partial charge < -0.3 is 14.5 Å². The van der Waals surface area contributed by atoms with E-state index in [2.05, 4.69) is 0 Å². The Morgan fingerprint density at radius 1 is 1.00 bits per heavy atom. The van der Waals surface area contributed by atoms with E-state index in [9.17, 15) is 18.0 Å². The highest BCUT2D eigenvalue weighted by atomic mass is 32.2. The minimum atomic E-state index is -3.72. The van der Waals surface area contributed by atoms with Crippen LogP contribution in [0.4, 0.5) is 5.69 Å². The van der Waals surface area contributed by atoms with Crippen LogP contribution in [0.25, 0.3) is 0 Å². The van der Waals surface area contributed by atoms with Crippen molar-refractivity contribution in [1.29, 1.82) is 0 Å². The van der Waals surface area contributed by atoms with Crippen LogP contribution in [-0.4, -0.2) is 74.9 Å². The van der Waals surface area contributed by atoms with Gasteiger partial charge in [0.25, 0.3) is 5.91 Å². The number of esters is 1. The molecule has 1 amide bonds. The monoisotopic (exact) mass is 453 g/mol. The van der Waals surface area contributed by atoms with Crippen LogP contribution in [0.1, 0.15) is 57.8 Å². The molecular formula is C22H35N3O5S. The Balaban J connectivity index is 2.39. The zero-order valence-corrected chi connectivity index (χ0v) is 20.4. The van der Waals surface area contributed by atoms with E-state index in [0.717, 1.165) is 30.2 Å². The lowest BCUT2D eigenvalue weighted by atomic mass is 10.1. The summed E-state index contributed by atoms with van der Waals surface area (Å²) in [6.07, 6.45) is 1.01. The predicted molar refractivity (Wildman–Crippen MR) is 121 cm³/mol. The van der Waals surface area contributed by atoms with Crippen LogP contribution in [0, 0.1) is 0 Å². The second kappa shape index (κ2) is 9.99. The first-order chi connectivity index (χ1) is 14.4. The Morgan fingerprint density at radius 2 is 1.55 bits per heavy atom. The van der Waals surface area contributed by atoms with Crippen molar-refractivity contribution in [3.8, 4) is 0 Å². The number of nitrogens with zero attached hydrogens (tertiary/aromatic N) is 3. The van der Waals surface area contributed by atoms with Gasteiger partial charge in [-0.2, -0.15) is 0 Å². The molecule has 1 aromatic rings. The number of hydrogen-bond donors (Lipinski definition) is 0. The summed E-state index contributed by atoms with van der Waals surface area (Å²) in [5.74, 6) is -0.982. The number of anilines is 1. The first kappa shape index (κ1) is 25.1. The quantitative estimate of drug-likeness (QED) is 0.563. The summed E-state index contributed by atoms with van der Waals surface area (Å²) in [6, 6.07) is 4.43. The van der Waals surface area contributed by atoms with Crippen molar-refractivity contribution < 1.29 is 22.7 Å². The fourth-order valence-corrected chi connectivity index (χ4v) is 4.80. The summed E-state index contributed by atoms with van der Waals surface area (Å²) in [7, 11) is -0.843. The van der Waals surface area contributed by atoms with Gasteiger partial charge in [-0.3, -0.25) is 4.79 Å². The molecule has 1 heterocycles. The number of benzene rings is 1. The van der Waals surface area contributed by atoms with Crippen LogP contribution in [0.3, 0.4) is 0 Å². The van der Waals surface area contributed by atoms with Gasteiger partial charge in [-0.05, 0) is 65.7 Å². The summed E-state index contributed by atoms with van der Waals surface area (Å²) in [5, 5.41) is 0. The molecule has 0 aliphatic carbocycles. The van der Waals surface area contributed by atoms with Crippen LogP contribution in [-0.2, 0) is 19.6 Å². The van der Waals surface area contributed by atoms with Crippen LogP contribution < -0.4 is 4.90 Å². The van der Waals surface area contributed by atoms with Crippen molar-refractivity contribution in [2.45, 2.75) is 70.5 Å². The summed E-state index contributed by atoms with van der Waals surface area (Å²) < 4.78 is 31.9. The van der Waals surface area contributed by atoms with E-state index in [4.69, 9.17) is 4.74 Å². The van der Waals surface area contributed by atoms with Crippen LogP contribution in [0.15, 0.2) is 23.1 Å². The molecule has 1 aromatic carbocycles. The standard InChI is InChI=1S/C22H35N3O5S/c1-15(2)25(16(3)4)21(26)17(5)30-22(27)19-14-18(31(28,29)23(6)7)10-11-20(19)24-12-8-9-13-24/h10-11,14-17H,8-9,12-13H2,1-7H3/t17-/m0/s1. The second-order valence-electron chi connectivity index (χ2n) is 8.64. The number of carbonyl (C=O) groups is 2. The van der Waals surface area contributed by atoms with Gasteiger partial charge in [0.15, 0.2) is 6.10 Å². The summed E-state index contributed by atoms with van der Waals surface area (Å²) >= 11 is 0. The van der Waals surface area contributed by atoms with Crippen molar-refractivity contribution in [3.05, 3.63) is 23.8 Å². The zero-order valence-electron chi connectivity index (χ0n) is 19.6. The molecule has 1 aliphatic heterocycles. The smallest absolute Gasteiger partial charge is 0.341 e. The molecule has 174 valence electrons. The first-order valence-electron chi connectivity index (χ1n) is 10.7. The average Bonchev–Trinajstić information content (AvgIpc) is 3.21. The maximum Gasteiger partial charge on any atom is 0.341 e. The van der Waals surface area contributed by atoms with E-state index >= 15 is 0 Å². The maximum atomic E-state index is 13.1. The van der Waals surface area contributed by atoms with E-state index in [1.807, 2.05) is 32.6 Å². The SMILES string of the molecule is CC(C)N(C(=O)[C@H](C)OC(=O)c1cc(S(=O)(=O)N(C)C)ccc1N1CCCC1)C(C)C. The van der Waals surface area contributed by atoms with E-state index in [1.54, 1.807) is 17.9 Å². The lowest BCUT2D eigenvalue weighted by Crippen LogP contribution is -2.47. The number of hydrogen-bond acceptors (Lipinski definition) is 6. The van der Waals surface area contributed by atoms with E-state index < -0.39 is 22.1 Å². The summed E-state index contributed by atoms with van der Waals surface area (Å²) in [4.78, 5) is 29.7. The van der Waals surface area contributed by atoms with E-state index in [1.165, 1.54) is 26.2 Å². The van der Waals surface area contributed by atoms with Crippen molar-refractivity contribution in [3.63, 3.8) is 0 Å². The van der Waals surface area contributed by atoms with Crippen LogP contribution >= 0.6 is 0 Å². The highest BCUT2D eigenvalue weighted by Crippen LogP contribution is 2.29. The fourth-order valence-electron chi connectivity index (χ4n) is 3.87. The maximum absolute atomic E-state index is 13.1. The van der Waals surface area contributed by atoms with Crippen molar-refractivity contribution in [2.24, 2.45) is 0 Å². The summed E-state index contributed by atoms with van der Waals surface area (Å²) in [6.45, 7) is 10.8. The van der Waals surface area contributed by atoms with Gasteiger partial charge in [0, 0.05) is 39.3 Å². The molecule has 1 aliphatic rings. The predicted octanol–water partition coefficient (Wildman–Crippen LogP) is 2.73. The molecule has 1 saturated heterocycles. The van der Waals surface area contributed by atoms with E-state index in [-0.39, 0.29) is 28.4 Å². The van der Waals surface area contributed by atoms with E-state index in [0.29, 0.717) is 5.69 Å². The second-order valence-corrected chi connectivity index (χ2v) is 10.8. The Hall–Kier alpha value is -2.13. The number of rotatable bonds is 8. The van der Waals surface area contributed by atoms with Crippen LogP contribution in [0.2, 0.25) is 0 Å². The molecule has 31 heavy (non-hydrogen) atoms. The number of sulfonamides is 1. The molecule has 0 unspecified atom stereocenters. The highest BCUT2D eigenvalue weighted by Gasteiger charge is 2.30. The number of carbonyl (C=O) groups excluding carboxylic acids is 2. The average molecular weight is 454 g/mol. The molecule has 1 fully saturated rings. The van der Waals surface area contributed by atoms with Gasteiger partial charge in [0.1, 0.15) is 0 Å². The molecule has 0 bridgehead atoms. The zero-order chi connectivity index (χ0) is 23.5. The third-order valence-corrected chi connectivity index (χ3v) is 7.22. The highest BCUT2D eigenvalue weighted by molar-refractivity contribution is 7.89. The molecule has 0 saturated carbocycles. The van der Waals surface area contributed by atoms with Gasteiger partial charge in [-0.25, -0.2) is 17.5 Å². The minimum absolute atomic E-state index is 0.0114. The van der Waals surface area contributed by atoms with Gasteiger partial charge >= 0.3 is 5.97 Å². The van der Waals surface area contributed by atoms with Crippen molar-refractivity contribution in [1.82, 2.24) is 9.21 Å². The van der Waals surface area contributed by atoms with Gasteiger partial charge in [0.05, 0.1) is 16.1 Å². The third kappa shape index (κ3) is 5.57. The number of amides is 1. The molecule has 8 nitrogen and oxygen atoms in total. The van der Waals surface area contributed by atoms with Crippen LogP contribution in [0.5, 0.6) is 0 Å². The molecule has 0 radical (unpaired) electrons. The molecule has 2 rings (SSSR count). The minimum Gasteiger partial charge on any atom is -0.449 e. The van der Waals surface area contributed by atoms with Gasteiger partial charge in [0.2, 0.25) is 10.0 Å². The normalized spacial score (nSPS) is 15.6. The molecule has 9 heteroatoms. The topological polar surface area (TPSA) is 87.2 Å². The molecule has 0 spiro atoms. The Morgan fingerprint density at radius 3 is 2.03 bits per heavy atom. The Labute approximate surface area is 186 Å². The lowest BCUT2D eigenvalue weighted by molar-refractivity contribution is -0.143. The Kier molecular flexibility index (Phi) is 8.10. The van der Waals surface area contributed by atoms with Crippen molar-refractivity contribution in [2.75, 3.05) is 32.1 Å². The molecule has 1 atom stereocenters.